The summed E-state index contributed by atoms with van der Waals surface area (Å²) < 4.78 is 13.5. The molecule has 3 aromatic rings. The molecule has 0 unspecified atom stereocenters. The van der Waals surface area contributed by atoms with Gasteiger partial charge in [-0.1, -0.05) is 12.1 Å². The van der Waals surface area contributed by atoms with E-state index in [1.807, 2.05) is 26.0 Å². The summed E-state index contributed by atoms with van der Waals surface area (Å²) in [5.74, 6) is -0.504. The third-order valence-electron chi connectivity index (χ3n) is 4.18. The van der Waals surface area contributed by atoms with Crippen molar-refractivity contribution in [2.45, 2.75) is 26.9 Å². The number of aromatic nitrogens is 1. The summed E-state index contributed by atoms with van der Waals surface area (Å²) >= 11 is 0. The standard InChI is InChI=1S/C19H19FN2O2/c1-11-3-4-13(10-23)7-18(11)22-19(24)9-15-12(2)21-17-6-5-14(20)8-16(15)17/h3-8,21,23H,9-10H2,1-2H3,(H,22,24). The number of aromatic amines is 1. The van der Waals surface area contributed by atoms with Crippen LogP contribution < -0.4 is 5.32 Å². The van der Waals surface area contributed by atoms with Crippen LogP contribution in [-0.2, 0) is 17.8 Å². The molecule has 0 aliphatic rings. The molecule has 0 spiro atoms. The van der Waals surface area contributed by atoms with Crippen LogP contribution in [-0.4, -0.2) is 16.0 Å². The summed E-state index contributed by atoms with van der Waals surface area (Å²) in [4.78, 5) is 15.6. The Hall–Kier alpha value is -2.66. The third kappa shape index (κ3) is 3.16. The number of halogens is 1. The Morgan fingerprint density at radius 1 is 1.21 bits per heavy atom. The first-order valence-electron chi connectivity index (χ1n) is 7.75. The maximum absolute atomic E-state index is 13.5. The van der Waals surface area contributed by atoms with Crippen LogP contribution in [0, 0.1) is 19.7 Å². The van der Waals surface area contributed by atoms with Crippen LogP contribution in [0.1, 0.15) is 22.4 Å². The molecule has 24 heavy (non-hydrogen) atoms. The lowest BCUT2D eigenvalue weighted by Crippen LogP contribution is -2.15. The van der Waals surface area contributed by atoms with Gasteiger partial charge in [0.25, 0.3) is 0 Å². The largest absolute Gasteiger partial charge is 0.392 e. The topological polar surface area (TPSA) is 65.1 Å². The van der Waals surface area contributed by atoms with E-state index in [-0.39, 0.29) is 24.8 Å². The van der Waals surface area contributed by atoms with Crippen molar-refractivity contribution in [3.63, 3.8) is 0 Å². The first-order valence-corrected chi connectivity index (χ1v) is 7.75. The number of benzene rings is 2. The molecule has 3 N–H and O–H groups in total. The predicted molar refractivity (Wildman–Crippen MR) is 92.4 cm³/mol. The van der Waals surface area contributed by atoms with Crippen LogP contribution in [0.3, 0.4) is 0 Å². The van der Waals surface area contributed by atoms with E-state index in [9.17, 15) is 14.3 Å². The lowest BCUT2D eigenvalue weighted by Gasteiger charge is -2.10. The molecule has 5 heteroatoms. The highest BCUT2D eigenvalue weighted by atomic mass is 19.1. The number of H-pyrrole nitrogens is 1. The lowest BCUT2D eigenvalue weighted by atomic mass is 10.1. The van der Waals surface area contributed by atoms with Gasteiger partial charge in [0.2, 0.25) is 5.91 Å². The Balaban J connectivity index is 1.85. The minimum Gasteiger partial charge on any atom is -0.392 e. The number of anilines is 1. The van der Waals surface area contributed by atoms with E-state index in [0.29, 0.717) is 5.69 Å². The number of amides is 1. The molecule has 0 aliphatic carbocycles. The molecule has 0 radical (unpaired) electrons. The van der Waals surface area contributed by atoms with Crippen molar-refractivity contribution < 1.29 is 14.3 Å². The molecule has 2 aromatic carbocycles. The molecule has 0 atom stereocenters. The maximum Gasteiger partial charge on any atom is 0.228 e. The summed E-state index contributed by atoms with van der Waals surface area (Å²) in [5, 5.41) is 12.8. The monoisotopic (exact) mass is 326 g/mol. The number of aliphatic hydroxyl groups is 1. The zero-order chi connectivity index (χ0) is 17.3. The summed E-state index contributed by atoms with van der Waals surface area (Å²) in [6, 6.07) is 9.94. The molecule has 1 amide bonds. The quantitative estimate of drug-likeness (QED) is 0.686. The second-order valence-electron chi connectivity index (χ2n) is 5.95. The molecule has 4 nitrogen and oxygen atoms in total. The number of hydrogen-bond donors (Lipinski definition) is 3. The van der Waals surface area contributed by atoms with E-state index in [2.05, 4.69) is 10.3 Å². The van der Waals surface area contributed by atoms with Gasteiger partial charge in [-0.3, -0.25) is 4.79 Å². The van der Waals surface area contributed by atoms with Gasteiger partial charge in [-0.25, -0.2) is 4.39 Å². The molecule has 0 saturated carbocycles. The van der Waals surface area contributed by atoms with Crippen molar-refractivity contribution in [1.82, 2.24) is 4.98 Å². The Morgan fingerprint density at radius 3 is 2.75 bits per heavy atom. The van der Waals surface area contributed by atoms with Gasteiger partial charge in [0.05, 0.1) is 13.0 Å². The molecular formula is C19H19FN2O2. The first kappa shape index (κ1) is 16.2. The van der Waals surface area contributed by atoms with E-state index in [1.54, 1.807) is 12.1 Å². The van der Waals surface area contributed by atoms with Gasteiger partial charge in [0, 0.05) is 22.3 Å². The first-order chi connectivity index (χ1) is 11.5. The molecule has 124 valence electrons. The Labute approximate surface area is 139 Å². The number of aliphatic hydroxyl groups excluding tert-OH is 1. The van der Waals surface area contributed by atoms with Crippen molar-refractivity contribution in [1.29, 1.82) is 0 Å². The number of aryl methyl sites for hydroxylation is 2. The highest BCUT2D eigenvalue weighted by molar-refractivity contribution is 5.96. The number of carbonyl (C=O) groups is 1. The van der Waals surface area contributed by atoms with Gasteiger partial charge in [-0.15, -0.1) is 0 Å². The third-order valence-corrected chi connectivity index (χ3v) is 4.18. The molecule has 1 heterocycles. The van der Waals surface area contributed by atoms with Gasteiger partial charge in [-0.2, -0.15) is 0 Å². The second-order valence-corrected chi connectivity index (χ2v) is 5.95. The molecule has 1 aromatic heterocycles. The second kappa shape index (κ2) is 6.45. The number of hydrogen-bond acceptors (Lipinski definition) is 2. The van der Waals surface area contributed by atoms with E-state index >= 15 is 0 Å². The normalized spacial score (nSPS) is 11.0. The van der Waals surface area contributed by atoms with Gasteiger partial charge < -0.3 is 15.4 Å². The Bertz CT molecular complexity index is 915. The zero-order valence-corrected chi connectivity index (χ0v) is 13.6. The van der Waals surface area contributed by atoms with Crippen LogP contribution in [0.4, 0.5) is 10.1 Å². The SMILES string of the molecule is Cc1ccc(CO)cc1NC(=O)Cc1c(C)[nH]c2ccc(F)cc12. The number of rotatable bonds is 4. The summed E-state index contributed by atoms with van der Waals surface area (Å²) in [7, 11) is 0. The van der Waals surface area contributed by atoms with Crippen molar-refractivity contribution in [3.05, 3.63) is 64.6 Å². The van der Waals surface area contributed by atoms with Crippen LogP contribution in [0.15, 0.2) is 36.4 Å². The Morgan fingerprint density at radius 2 is 2.00 bits per heavy atom. The fourth-order valence-corrected chi connectivity index (χ4v) is 2.84. The highest BCUT2D eigenvalue weighted by Crippen LogP contribution is 2.24. The molecular weight excluding hydrogens is 307 g/mol. The van der Waals surface area contributed by atoms with Crippen LogP contribution in [0.25, 0.3) is 10.9 Å². The van der Waals surface area contributed by atoms with Crippen molar-refractivity contribution in [3.8, 4) is 0 Å². The smallest absolute Gasteiger partial charge is 0.228 e. The van der Waals surface area contributed by atoms with E-state index in [4.69, 9.17) is 0 Å². The van der Waals surface area contributed by atoms with Crippen molar-refractivity contribution in [2.24, 2.45) is 0 Å². The summed E-state index contributed by atoms with van der Waals surface area (Å²) in [5.41, 5.74) is 4.79. The van der Waals surface area contributed by atoms with Crippen LogP contribution in [0.5, 0.6) is 0 Å². The van der Waals surface area contributed by atoms with E-state index in [0.717, 1.165) is 33.3 Å². The van der Waals surface area contributed by atoms with E-state index in [1.165, 1.54) is 12.1 Å². The molecule has 3 rings (SSSR count). The maximum atomic E-state index is 13.5. The van der Waals surface area contributed by atoms with Crippen molar-refractivity contribution >= 4 is 22.5 Å². The van der Waals surface area contributed by atoms with Crippen LogP contribution in [0.2, 0.25) is 0 Å². The van der Waals surface area contributed by atoms with Gasteiger partial charge in [0.15, 0.2) is 0 Å². The summed E-state index contributed by atoms with van der Waals surface area (Å²) in [6.45, 7) is 3.69. The molecule has 0 bridgehead atoms. The average Bonchev–Trinajstić information content (AvgIpc) is 2.85. The minimum atomic E-state index is -0.324. The predicted octanol–water partition coefficient (Wildman–Crippen LogP) is 3.60. The fourth-order valence-electron chi connectivity index (χ4n) is 2.84. The van der Waals surface area contributed by atoms with Gasteiger partial charge in [-0.05, 0) is 54.8 Å². The number of nitrogens with one attached hydrogen (secondary N) is 2. The fraction of sp³-hybridized carbons (Fsp3) is 0.211. The van der Waals surface area contributed by atoms with Crippen molar-refractivity contribution in [2.75, 3.05) is 5.32 Å². The van der Waals surface area contributed by atoms with Gasteiger partial charge >= 0.3 is 0 Å². The van der Waals surface area contributed by atoms with Gasteiger partial charge in [0.1, 0.15) is 5.82 Å². The minimum absolute atomic E-state index is 0.0794. The molecule has 0 aliphatic heterocycles. The average molecular weight is 326 g/mol. The number of carbonyl (C=O) groups excluding carboxylic acids is 1. The lowest BCUT2D eigenvalue weighted by molar-refractivity contribution is -0.115. The zero-order valence-electron chi connectivity index (χ0n) is 13.6. The Kier molecular flexibility index (Phi) is 4.36. The summed E-state index contributed by atoms with van der Waals surface area (Å²) in [6.07, 6.45) is 0.151. The highest BCUT2D eigenvalue weighted by Gasteiger charge is 2.14. The number of fused-ring (bicyclic) bond motifs is 1. The van der Waals surface area contributed by atoms with Crippen LogP contribution >= 0.6 is 0 Å². The van der Waals surface area contributed by atoms with E-state index < -0.39 is 0 Å². The molecule has 0 saturated heterocycles. The molecule has 0 fully saturated rings.